The van der Waals surface area contributed by atoms with Crippen LogP contribution in [0, 0.1) is 0 Å². The number of phenols is 1. The summed E-state index contributed by atoms with van der Waals surface area (Å²) in [6, 6.07) is 12.9. The average Bonchev–Trinajstić information content (AvgIpc) is 3.34. The number of aromatic nitrogens is 1. The molecule has 188 valence electrons. The fraction of sp³-hybridized carbons (Fsp3) is 0.107. The summed E-state index contributed by atoms with van der Waals surface area (Å²) in [4.78, 5) is 42.2. The molecule has 2 aliphatic heterocycles. The van der Waals surface area contributed by atoms with Crippen molar-refractivity contribution in [2.24, 2.45) is 0 Å². The molecule has 2 aromatic heterocycles. The fourth-order valence-corrected chi connectivity index (χ4v) is 5.22. The summed E-state index contributed by atoms with van der Waals surface area (Å²) in [6.45, 7) is 0.0805. The Balaban J connectivity index is 1.46. The maximum atomic E-state index is 13.5. The number of aromatic amines is 1. The van der Waals surface area contributed by atoms with Gasteiger partial charge in [-0.1, -0.05) is 23.7 Å². The van der Waals surface area contributed by atoms with Gasteiger partial charge in [-0.15, -0.1) is 0 Å². The topological polar surface area (TPSA) is 128 Å². The molecule has 3 aromatic carbocycles. The van der Waals surface area contributed by atoms with Crippen LogP contribution in [0.25, 0.3) is 33.0 Å². The van der Waals surface area contributed by atoms with E-state index >= 15 is 0 Å². The van der Waals surface area contributed by atoms with Crippen LogP contribution in [-0.4, -0.2) is 22.9 Å². The molecule has 0 saturated carbocycles. The van der Waals surface area contributed by atoms with Crippen molar-refractivity contribution >= 4 is 39.4 Å². The molecule has 0 aliphatic carbocycles. The largest absolute Gasteiger partial charge is 0.507 e. The molecule has 0 fully saturated rings. The minimum atomic E-state index is -0.808. The van der Waals surface area contributed by atoms with E-state index in [4.69, 9.17) is 30.2 Å². The molecule has 38 heavy (non-hydrogen) atoms. The number of halogens is 1. The van der Waals surface area contributed by atoms with Crippen LogP contribution < -0.4 is 25.2 Å². The van der Waals surface area contributed by atoms with Crippen molar-refractivity contribution in [3.05, 3.63) is 91.5 Å². The zero-order chi connectivity index (χ0) is 26.1. The van der Waals surface area contributed by atoms with Gasteiger partial charge >= 0.3 is 5.97 Å². The third-order valence-corrected chi connectivity index (χ3v) is 7.12. The number of fused-ring (bicyclic) bond motifs is 5. The van der Waals surface area contributed by atoms with E-state index in [1.807, 2.05) is 0 Å². The minimum Gasteiger partial charge on any atom is -0.507 e. The zero-order valence-corrected chi connectivity index (χ0v) is 20.1. The normalized spacial score (nSPS) is 16.0. The molecule has 0 bridgehead atoms. The van der Waals surface area contributed by atoms with Crippen molar-refractivity contribution in [3.63, 3.8) is 0 Å². The van der Waals surface area contributed by atoms with Crippen molar-refractivity contribution in [1.29, 1.82) is 0 Å². The number of ether oxygens (including phenoxy) is 3. The van der Waals surface area contributed by atoms with Crippen LogP contribution in [0.1, 0.15) is 23.5 Å². The van der Waals surface area contributed by atoms with Gasteiger partial charge in [0, 0.05) is 39.6 Å². The molecule has 0 radical (unpaired) electrons. The van der Waals surface area contributed by atoms with Crippen LogP contribution in [-0.2, 0) is 4.79 Å². The molecule has 10 heteroatoms. The van der Waals surface area contributed by atoms with Gasteiger partial charge in [0.2, 0.25) is 12.2 Å². The van der Waals surface area contributed by atoms with Crippen molar-refractivity contribution < 1.29 is 28.5 Å². The first kappa shape index (κ1) is 22.4. The van der Waals surface area contributed by atoms with Crippen LogP contribution in [0.5, 0.6) is 23.0 Å². The Morgan fingerprint density at radius 2 is 1.71 bits per heavy atom. The third kappa shape index (κ3) is 3.36. The Hall–Kier alpha value is -4.76. The zero-order valence-electron chi connectivity index (χ0n) is 19.4. The van der Waals surface area contributed by atoms with Crippen molar-refractivity contribution in [3.8, 4) is 34.1 Å². The second kappa shape index (κ2) is 8.12. The Bertz CT molecular complexity index is 1940. The van der Waals surface area contributed by atoms with Crippen molar-refractivity contribution in [1.82, 2.24) is 4.98 Å². The standard InChI is InChI=1S/C28H16ClNO8/c29-14-3-1-12(2-4-14)17-10-35-27-24-15(7-23(32)38-22(24)9-19(31)25(27)26(17)33)16-5-13-6-20-21(37-11-36-20)8-18(13)30-28(16)34/h1-6,8-10,15,31H,7,11H2,(H,30,34)/t15-/m0/s1. The fourth-order valence-electron chi connectivity index (χ4n) is 5.10. The lowest BCUT2D eigenvalue weighted by Crippen LogP contribution is -2.26. The predicted molar refractivity (Wildman–Crippen MR) is 137 cm³/mol. The first-order chi connectivity index (χ1) is 18.4. The second-order valence-electron chi connectivity index (χ2n) is 9.07. The van der Waals surface area contributed by atoms with Gasteiger partial charge in [-0.25, -0.2) is 0 Å². The number of H-pyrrole nitrogens is 1. The smallest absolute Gasteiger partial charge is 0.312 e. The molecule has 0 spiro atoms. The number of rotatable bonds is 2. The summed E-state index contributed by atoms with van der Waals surface area (Å²) in [5, 5.41) is 11.9. The SMILES string of the molecule is O=C1C[C@@H](c2cc3cc4c(cc3[nH]c2=O)OCO4)c2c(cc(O)c3c(=O)c(-c4ccc(Cl)cc4)coc23)O1. The number of benzene rings is 3. The maximum Gasteiger partial charge on any atom is 0.312 e. The van der Waals surface area contributed by atoms with Gasteiger partial charge in [-0.2, -0.15) is 0 Å². The molecule has 7 rings (SSSR count). The number of carbonyl (C=O) groups is 1. The lowest BCUT2D eigenvalue weighted by atomic mass is 9.85. The summed E-state index contributed by atoms with van der Waals surface area (Å²) in [5.41, 5.74) is 1.02. The number of phenolic OH excluding ortho intramolecular Hbond substituents is 1. The van der Waals surface area contributed by atoms with Gasteiger partial charge in [-0.3, -0.25) is 14.4 Å². The van der Waals surface area contributed by atoms with E-state index in [0.717, 1.165) is 0 Å². The number of esters is 1. The highest BCUT2D eigenvalue weighted by Gasteiger charge is 2.35. The number of nitrogens with one attached hydrogen (secondary N) is 1. The van der Waals surface area contributed by atoms with Crippen molar-refractivity contribution in [2.75, 3.05) is 6.79 Å². The van der Waals surface area contributed by atoms with Crippen LogP contribution in [0.4, 0.5) is 0 Å². The Morgan fingerprint density at radius 1 is 0.947 bits per heavy atom. The number of hydrogen-bond donors (Lipinski definition) is 2. The summed E-state index contributed by atoms with van der Waals surface area (Å²) in [6.07, 6.45) is 1.11. The lowest BCUT2D eigenvalue weighted by molar-refractivity contribution is -0.135. The molecule has 2 N–H and O–H groups in total. The molecule has 1 atom stereocenters. The summed E-state index contributed by atoms with van der Waals surface area (Å²) < 4.78 is 22.2. The molecule has 0 saturated heterocycles. The van der Waals surface area contributed by atoms with E-state index in [-0.39, 0.29) is 41.1 Å². The minimum absolute atomic E-state index is 0.0174. The molecular weight excluding hydrogens is 514 g/mol. The average molecular weight is 530 g/mol. The van der Waals surface area contributed by atoms with E-state index in [1.54, 1.807) is 42.5 Å². The number of carbonyl (C=O) groups excluding carboxylic acids is 1. The van der Waals surface area contributed by atoms with E-state index in [9.17, 15) is 19.5 Å². The van der Waals surface area contributed by atoms with Crippen LogP contribution in [0.3, 0.4) is 0 Å². The van der Waals surface area contributed by atoms with Gasteiger partial charge in [0.15, 0.2) is 11.5 Å². The molecule has 2 aliphatic rings. The van der Waals surface area contributed by atoms with E-state index in [2.05, 4.69) is 4.98 Å². The lowest BCUT2D eigenvalue weighted by Gasteiger charge is -2.25. The van der Waals surface area contributed by atoms with Gasteiger partial charge in [0.25, 0.3) is 5.56 Å². The van der Waals surface area contributed by atoms with Gasteiger partial charge in [0.1, 0.15) is 28.7 Å². The molecule has 5 aromatic rings. The maximum absolute atomic E-state index is 13.5. The molecular formula is C28H16ClNO8. The molecule has 0 amide bonds. The highest BCUT2D eigenvalue weighted by molar-refractivity contribution is 6.30. The Kier molecular flexibility index (Phi) is 4.80. The van der Waals surface area contributed by atoms with E-state index in [1.165, 1.54) is 12.3 Å². The Labute approximate surface area is 217 Å². The second-order valence-corrected chi connectivity index (χ2v) is 9.51. The highest BCUT2D eigenvalue weighted by atomic mass is 35.5. The van der Waals surface area contributed by atoms with Gasteiger partial charge < -0.3 is 28.7 Å². The summed E-state index contributed by atoms with van der Waals surface area (Å²) in [7, 11) is 0. The van der Waals surface area contributed by atoms with Gasteiger partial charge in [0.05, 0.1) is 17.5 Å². The monoisotopic (exact) mass is 529 g/mol. The van der Waals surface area contributed by atoms with Gasteiger partial charge in [-0.05, 0) is 29.8 Å². The number of aromatic hydroxyl groups is 1. The van der Waals surface area contributed by atoms with E-state index < -0.39 is 28.6 Å². The van der Waals surface area contributed by atoms with Crippen LogP contribution >= 0.6 is 11.6 Å². The molecule has 4 heterocycles. The quantitative estimate of drug-likeness (QED) is 0.246. The summed E-state index contributed by atoms with van der Waals surface area (Å²) >= 11 is 5.98. The first-order valence-electron chi connectivity index (χ1n) is 11.6. The first-order valence-corrected chi connectivity index (χ1v) is 12.0. The van der Waals surface area contributed by atoms with Crippen molar-refractivity contribution in [2.45, 2.75) is 12.3 Å². The molecule has 9 nitrogen and oxygen atoms in total. The van der Waals surface area contributed by atoms with E-state index in [0.29, 0.717) is 38.6 Å². The van der Waals surface area contributed by atoms with Crippen LogP contribution in [0.15, 0.2) is 68.8 Å². The Morgan fingerprint density at radius 3 is 2.50 bits per heavy atom. The number of hydrogen-bond acceptors (Lipinski definition) is 8. The highest BCUT2D eigenvalue weighted by Crippen LogP contribution is 2.45. The predicted octanol–water partition coefficient (Wildman–Crippen LogP) is 4.83. The third-order valence-electron chi connectivity index (χ3n) is 6.87. The number of pyridine rings is 1. The summed E-state index contributed by atoms with van der Waals surface area (Å²) in [5.74, 6) is -0.730. The molecule has 0 unspecified atom stereocenters. The van der Waals surface area contributed by atoms with Crippen LogP contribution in [0.2, 0.25) is 5.02 Å².